The summed E-state index contributed by atoms with van der Waals surface area (Å²) in [5.74, 6) is 0. The van der Waals surface area contributed by atoms with Gasteiger partial charge in [0.2, 0.25) is 0 Å². The van der Waals surface area contributed by atoms with Crippen molar-refractivity contribution in [2.24, 2.45) is 5.73 Å². The predicted octanol–water partition coefficient (Wildman–Crippen LogP) is -3.57. The van der Waals surface area contributed by atoms with Gasteiger partial charge >= 0.3 is 18.9 Å². The van der Waals surface area contributed by atoms with Crippen LogP contribution < -0.4 is 24.6 Å². The molecule has 0 aromatic rings. The van der Waals surface area contributed by atoms with Crippen molar-refractivity contribution < 1.29 is 18.9 Å². The Balaban J connectivity index is 0. The summed E-state index contributed by atoms with van der Waals surface area (Å²) in [6.07, 6.45) is 1.25. The fourth-order valence-electron chi connectivity index (χ4n) is 0. The number of hydrogen-bond acceptors (Lipinski definition) is 2. The van der Waals surface area contributed by atoms with Crippen LogP contribution in [0.5, 0.6) is 0 Å². The molecule has 0 atom stereocenters. The molecule has 0 radical (unpaired) electrons. The molecule has 0 rings (SSSR count). The van der Waals surface area contributed by atoms with Gasteiger partial charge in [0, 0.05) is 0 Å². The summed E-state index contributed by atoms with van der Waals surface area (Å²) in [5.41, 5.74) is 4.15. The third-order valence-corrected chi connectivity index (χ3v) is 0. The molecule has 0 aromatic heterocycles. The quantitative estimate of drug-likeness (QED) is 0.175. The molecule has 0 aromatic carbocycles. The van der Waals surface area contributed by atoms with E-state index in [2.05, 4.69) is 5.73 Å². The third kappa shape index (κ3) is 117. The van der Waals surface area contributed by atoms with Gasteiger partial charge in [-0.15, -0.1) is 0 Å². The molecule has 0 saturated carbocycles. The first-order valence-electron chi connectivity index (χ1n) is 0.512. The zero-order chi connectivity index (χ0) is 2.71. The Morgan fingerprint density at radius 3 is 1.75 bits per heavy atom. The maximum Gasteiger partial charge on any atom is 1.00 e. The molecule has 16 valence electrons. The van der Waals surface area contributed by atoms with Gasteiger partial charge < -0.3 is 5.73 Å². The molecule has 0 aliphatic carbocycles. The van der Waals surface area contributed by atoms with E-state index in [0.717, 1.165) is 0 Å². The molecule has 0 bridgehead atoms. The first kappa shape index (κ1) is 9.10. The van der Waals surface area contributed by atoms with Gasteiger partial charge in [-0.3, -0.25) is 0 Å². The summed E-state index contributed by atoms with van der Waals surface area (Å²) in [6, 6.07) is 0. The van der Waals surface area contributed by atoms with Crippen LogP contribution in [0.2, 0.25) is 0 Å². The second kappa shape index (κ2) is 13.1. The van der Waals surface area contributed by atoms with Gasteiger partial charge in [-0.05, 0) is 0 Å². The van der Waals surface area contributed by atoms with E-state index in [-0.39, 0.29) is 18.9 Å². The normalized spacial score (nSPS) is 1.75. The van der Waals surface area contributed by atoms with E-state index < -0.39 is 0 Å². The van der Waals surface area contributed by atoms with E-state index in [0.29, 0.717) is 0 Å². The standard InChI is InChI=1S/CH2N2.Li/c2-1-3;/h2H2;/q;+1. The Hall–Kier alpha value is -0.113. The van der Waals surface area contributed by atoms with Crippen LogP contribution in [0, 0.1) is 11.5 Å². The van der Waals surface area contributed by atoms with Crippen LogP contribution in [0.25, 0.3) is 0 Å². The molecule has 0 spiro atoms. The fourth-order valence-corrected chi connectivity index (χ4v) is 0. The minimum Gasteiger partial charge on any atom is -0.337 e. The van der Waals surface area contributed by atoms with Crippen molar-refractivity contribution in [2.75, 3.05) is 0 Å². The number of nitrogens with two attached hydrogens (primary N) is 1. The molecule has 0 aliphatic rings. The Kier molecular flexibility index (Phi) is 29.7. The van der Waals surface area contributed by atoms with Crippen LogP contribution >= 0.6 is 0 Å². The van der Waals surface area contributed by atoms with Crippen LogP contribution in [0.3, 0.4) is 0 Å². The van der Waals surface area contributed by atoms with Crippen LogP contribution in [0.4, 0.5) is 0 Å². The molecule has 0 heterocycles. The Bertz CT molecular complexity index is 27.5. The predicted molar refractivity (Wildman–Crippen MR) is 9.80 cm³/mol. The molecule has 2 nitrogen and oxygen atoms in total. The Morgan fingerprint density at radius 2 is 1.75 bits per heavy atom. The van der Waals surface area contributed by atoms with Crippen LogP contribution in [0.15, 0.2) is 0 Å². The van der Waals surface area contributed by atoms with Crippen molar-refractivity contribution in [3.05, 3.63) is 0 Å². The van der Waals surface area contributed by atoms with Crippen molar-refractivity contribution in [1.82, 2.24) is 0 Å². The summed E-state index contributed by atoms with van der Waals surface area (Å²) in [7, 11) is 0. The van der Waals surface area contributed by atoms with Crippen LogP contribution in [0.1, 0.15) is 0 Å². The van der Waals surface area contributed by atoms with Gasteiger partial charge in [0.05, 0.1) is 0 Å². The summed E-state index contributed by atoms with van der Waals surface area (Å²) >= 11 is 0. The number of rotatable bonds is 0. The zero-order valence-electron chi connectivity index (χ0n) is 2.52. The van der Waals surface area contributed by atoms with Gasteiger partial charge in [0.15, 0.2) is 6.19 Å². The average molecular weight is 49.0 g/mol. The molecule has 4 heavy (non-hydrogen) atoms. The number of nitriles is 1. The largest absolute Gasteiger partial charge is 1.00 e. The Morgan fingerprint density at radius 1 is 1.75 bits per heavy atom. The molecular formula is CH2LiN2+. The zero-order valence-corrected chi connectivity index (χ0v) is 2.52. The summed E-state index contributed by atoms with van der Waals surface area (Å²) in [5, 5.41) is 7.10. The number of nitrogens with zero attached hydrogens (tertiary/aromatic N) is 1. The van der Waals surface area contributed by atoms with Crippen LogP contribution in [-0.4, -0.2) is 0 Å². The van der Waals surface area contributed by atoms with Crippen molar-refractivity contribution in [3.63, 3.8) is 0 Å². The minimum atomic E-state index is 0. The summed E-state index contributed by atoms with van der Waals surface area (Å²) in [6.45, 7) is 0. The molecule has 0 saturated heterocycles. The van der Waals surface area contributed by atoms with E-state index in [9.17, 15) is 0 Å². The van der Waals surface area contributed by atoms with Crippen molar-refractivity contribution >= 4 is 0 Å². The minimum absolute atomic E-state index is 0. The smallest absolute Gasteiger partial charge is 0.337 e. The van der Waals surface area contributed by atoms with Crippen molar-refractivity contribution in [1.29, 1.82) is 5.26 Å². The van der Waals surface area contributed by atoms with Crippen LogP contribution in [-0.2, 0) is 0 Å². The van der Waals surface area contributed by atoms with Gasteiger partial charge in [-0.1, -0.05) is 0 Å². The van der Waals surface area contributed by atoms with E-state index in [1.165, 1.54) is 6.19 Å². The summed E-state index contributed by atoms with van der Waals surface area (Å²) in [4.78, 5) is 0. The molecule has 0 unspecified atom stereocenters. The molecule has 0 amide bonds. The molecule has 0 fully saturated rings. The first-order chi connectivity index (χ1) is 1.41. The van der Waals surface area contributed by atoms with E-state index in [1.807, 2.05) is 0 Å². The second-order valence-corrected chi connectivity index (χ2v) is 0.129. The van der Waals surface area contributed by atoms with E-state index >= 15 is 0 Å². The van der Waals surface area contributed by atoms with E-state index in [4.69, 9.17) is 5.26 Å². The van der Waals surface area contributed by atoms with E-state index in [1.54, 1.807) is 0 Å². The topological polar surface area (TPSA) is 49.8 Å². The first-order valence-corrected chi connectivity index (χ1v) is 0.512. The maximum atomic E-state index is 7.10. The molecule has 2 N–H and O–H groups in total. The number of hydrogen-bond donors (Lipinski definition) is 1. The van der Waals surface area contributed by atoms with Crippen molar-refractivity contribution in [3.8, 4) is 6.19 Å². The molecular weight excluding hydrogens is 47.0 g/mol. The average Bonchev–Trinajstić information content (AvgIpc) is 0.918. The third-order valence-electron chi connectivity index (χ3n) is 0. The van der Waals surface area contributed by atoms with Gasteiger partial charge in [-0.2, -0.15) is 5.26 Å². The summed E-state index contributed by atoms with van der Waals surface area (Å²) < 4.78 is 0. The Labute approximate surface area is 36.8 Å². The molecule has 0 aliphatic heterocycles. The van der Waals surface area contributed by atoms with Gasteiger partial charge in [-0.25, -0.2) is 0 Å². The monoisotopic (exact) mass is 49.0 g/mol. The SMILES string of the molecule is N#CN.[Li+]. The van der Waals surface area contributed by atoms with Crippen molar-refractivity contribution in [2.45, 2.75) is 0 Å². The molecule has 3 heteroatoms. The van der Waals surface area contributed by atoms with Gasteiger partial charge in [0.25, 0.3) is 0 Å². The fraction of sp³-hybridized carbons (Fsp3) is 0. The second-order valence-electron chi connectivity index (χ2n) is 0.129. The maximum absolute atomic E-state index is 7.10. The van der Waals surface area contributed by atoms with Gasteiger partial charge in [0.1, 0.15) is 0 Å².